The molecule has 0 atom stereocenters. The van der Waals surface area contributed by atoms with Gasteiger partial charge in [-0.1, -0.05) is 25.1 Å². The molecule has 3 rings (SSSR count). The van der Waals surface area contributed by atoms with Crippen molar-refractivity contribution in [1.29, 1.82) is 0 Å². The Morgan fingerprint density at radius 2 is 1.88 bits per heavy atom. The molecule has 1 saturated heterocycles. The van der Waals surface area contributed by atoms with Crippen molar-refractivity contribution in [3.63, 3.8) is 0 Å². The van der Waals surface area contributed by atoms with Crippen molar-refractivity contribution in [3.8, 4) is 0 Å². The van der Waals surface area contributed by atoms with E-state index in [-0.39, 0.29) is 24.0 Å². The second-order valence-electron chi connectivity index (χ2n) is 6.07. The molecule has 7 heteroatoms. The second-order valence-corrected chi connectivity index (χ2v) is 7.01. The lowest BCUT2D eigenvalue weighted by Crippen LogP contribution is -2.52. The van der Waals surface area contributed by atoms with Crippen molar-refractivity contribution in [2.45, 2.75) is 26.8 Å². The van der Waals surface area contributed by atoms with Crippen LogP contribution in [-0.2, 0) is 13.0 Å². The van der Waals surface area contributed by atoms with Gasteiger partial charge in [-0.25, -0.2) is 9.98 Å². The van der Waals surface area contributed by atoms with E-state index in [1.165, 1.54) is 10.7 Å². The molecule has 0 saturated carbocycles. The van der Waals surface area contributed by atoms with Gasteiger partial charge in [0.15, 0.2) is 5.96 Å². The molecule has 1 aromatic carbocycles. The van der Waals surface area contributed by atoms with Crippen molar-refractivity contribution in [2.75, 3.05) is 37.6 Å². The number of piperazine rings is 1. The number of para-hydroxylation sites is 1. The fourth-order valence-corrected chi connectivity index (χ4v) is 3.72. The number of halogens is 1. The number of anilines is 1. The lowest BCUT2D eigenvalue weighted by Gasteiger charge is -2.37. The molecule has 0 amide bonds. The summed E-state index contributed by atoms with van der Waals surface area (Å²) in [5.41, 5.74) is 2.37. The van der Waals surface area contributed by atoms with E-state index in [1.807, 2.05) is 0 Å². The van der Waals surface area contributed by atoms with Crippen LogP contribution in [0.1, 0.15) is 24.5 Å². The van der Waals surface area contributed by atoms with Gasteiger partial charge >= 0.3 is 0 Å². The maximum Gasteiger partial charge on any atom is 0.194 e. The molecule has 1 aromatic heterocycles. The molecule has 142 valence electrons. The highest BCUT2D eigenvalue weighted by Gasteiger charge is 2.19. The summed E-state index contributed by atoms with van der Waals surface area (Å²) in [6, 6.07) is 10.6. The SMILES string of the molecule is CCNC(=NCc1csc(CC)n1)N1CCN(c2ccccc2)CC1.I. The third kappa shape index (κ3) is 5.57. The molecule has 1 fully saturated rings. The smallest absolute Gasteiger partial charge is 0.194 e. The first-order chi connectivity index (χ1) is 12.3. The van der Waals surface area contributed by atoms with E-state index in [4.69, 9.17) is 4.99 Å². The zero-order valence-electron chi connectivity index (χ0n) is 15.5. The fourth-order valence-electron chi connectivity index (χ4n) is 2.98. The highest BCUT2D eigenvalue weighted by atomic mass is 127. The number of guanidine groups is 1. The maximum atomic E-state index is 4.81. The van der Waals surface area contributed by atoms with Gasteiger partial charge < -0.3 is 15.1 Å². The van der Waals surface area contributed by atoms with E-state index in [0.717, 1.165) is 50.8 Å². The van der Waals surface area contributed by atoms with Crippen LogP contribution in [0, 0.1) is 0 Å². The third-order valence-corrected chi connectivity index (χ3v) is 5.37. The number of aliphatic imine (C=N–C) groups is 1. The Kier molecular flexibility index (Phi) is 8.64. The van der Waals surface area contributed by atoms with Crippen molar-refractivity contribution < 1.29 is 0 Å². The molecule has 0 radical (unpaired) electrons. The number of hydrogen-bond acceptors (Lipinski definition) is 4. The maximum absolute atomic E-state index is 4.81. The second kappa shape index (κ2) is 10.7. The zero-order valence-corrected chi connectivity index (χ0v) is 18.7. The van der Waals surface area contributed by atoms with E-state index in [0.29, 0.717) is 6.54 Å². The number of thiazole rings is 1. The standard InChI is InChI=1S/C19H27N5S.HI/c1-3-18-22-16(15-25-18)14-21-19(20-4-2)24-12-10-23(11-13-24)17-8-6-5-7-9-17;/h5-9,15H,3-4,10-14H2,1-2H3,(H,20,21);1H. The van der Waals surface area contributed by atoms with Crippen LogP contribution in [0.5, 0.6) is 0 Å². The average Bonchev–Trinajstić information content (AvgIpc) is 3.14. The van der Waals surface area contributed by atoms with Crippen LogP contribution in [0.25, 0.3) is 0 Å². The van der Waals surface area contributed by atoms with Gasteiger partial charge in [-0.15, -0.1) is 35.3 Å². The molecule has 0 spiro atoms. The van der Waals surface area contributed by atoms with Crippen molar-refractivity contribution >= 4 is 47.0 Å². The van der Waals surface area contributed by atoms with Gasteiger partial charge in [-0.3, -0.25) is 0 Å². The van der Waals surface area contributed by atoms with Crippen molar-refractivity contribution in [1.82, 2.24) is 15.2 Å². The minimum Gasteiger partial charge on any atom is -0.368 e. The Hall–Kier alpha value is -1.35. The number of aryl methyl sites for hydroxylation is 1. The molecule has 2 aromatic rings. The highest BCUT2D eigenvalue weighted by Crippen LogP contribution is 2.16. The molecule has 5 nitrogen and oxygen atoms in total. The van der Waals surface area contributed by atoms with Gasteiger partial charge in [0.25, 0.3) is 0 Å². The lowest BCUT2D eigenvalue weighted by molar-refractivity contribution is 0.372. The summed E-state index contributed by atoms with van der Waals surface area (Å²) < 4.78 is 0. The minimum atomic E-state index is 0. The number of benzene rings is 1. The number of nitrogens with zero attached hydrogens (tertiary/aromatic N) is 4. The normalized spacial score (nSPS) is 14.9. The molecule has 26 heavy (non-hydrogen) atoms. The molecule has 1 N–H and O–H groups in total. The van der Waals surface area contributed by atoms with Crippen LogP contribution in [0.4, 0.5) is 5.69 Å². The van der Waals surface area contributed by atoms with Crippen molar-refractivity contribution in [3.05, 3.63) is 46.4 Å². The lowest BCUT2D eigenvalue weighted by atomic mass is 10.2. The zero-order chi connectivity index (χ0) is 17.5. The van der Waals surface area contributed by atoms with E-state index in [1.54, 1.807) is 11.3 Å². The molecule has 2 heterocycles. The molecule has 1 aliphatic rings. The van der Waals surface area contributed by atoms with Crippen molar-refractivity contribution in [2.24, 2.45) is 4.99 Å². The quantitative estimate of drug-likeness (QED) is 0.399. The summed E-state index contributed by atoms with van der Waals surface area (Å²) in [4.78, 5) is 14.2. The number of aromatic nitrogens is 1. The van der Waals surface area contributed by atoms with Gasteiger partial charge in [-0.05, 0) is 25.5 Å². The predicted molar refractivity (Wildman–Crippen MR) is 122 cm³/mol. The number of hydrogen-bond donors (Lipinski definition) is 1. The van der Waals surface area contributed by atoms with Crippen LogP contribution in [-0.4, -0.2) is 48.6 Å². The molecular weight excluding hydrogens is 457 g/mol. The molecular formula is C19H28IN5S. The molecule has 1 aliphatic heterocycles. The predicted octanol–water partition coefficient (Wildman–Crippen LogP) is 3.61. The largest absolute Gasteiger partial charge is 0.368 e. The number of rotatable bonds is 5. The van der Waals surface area contributed by atoms with Gasteiger partial charge in [0.05, 0.1) is 17.2 Å². The molecule has 0 bridgehead atoms. The Bertz CT molecular complexity index is 680. The van der Waals surface area contributed by atoms with E-state index >= 15 is 0 Å². The Labute approximate surface area is 177 Å². The Morgan fingerprint density at radius 1 is 1.15 bits per heavy atom. The van der Waals surface area contributed by atoms with Crippen LogP contribution >= 0.6 is 35.3 Å². The van der Waals surface area contributed by atoms with Gasteiger partial charge in [0.2, 0.25) is 0 Å². The first-order valence-corrected chi connectivity index (χ1v) is 9.94. The van der Waals surface area contributed by atoms with Crippen LogP contribution in [0.2, 0.25) is 0 Å². The summed E-state index contributed by atoms with van der Waals surface area (Å²) in [5, 5.41) is 6.74. The van der Waals surface area contributed by atoms with E-state index in [2.05, 4.69) is 69.7 Å². The Balaban J connectivity index is 0.00000243. The topological polar surface area (TPSA) is 43.8 Å². The monoisotopic (exact) mass is 485 g/mol. The summed E-state index contributed by atoms with van der Waals surface area (Å²) in [5.74, 6) is 1.00. The summed E-state index contributed by atoms with van der Waals surface area (Å²) >= 11 is 1.73. The number of nitrogens with one attached hydrogen (secondary N) is 1. The Morgan fingerprint density at radius 3 is 2.50 bits per heavy atom. The van der Waals surface area contributed by atoms with Gasteiger partial charge in [-0.2, -0.15) is 0 Å². The first-order valence-electron chi connectivity index (χ1n) is 9.06. The summed E-state index contributed by atoms with van der Waals surface area (Å²) in [6.45, 7) is 9.80. The van der Waals surface area contributed by atoms with Gasteiger partial charge in [0, 0.05) is 43.8 Å². The minimum absolute atomic E-state index is 0. The van der Waals surface area contributed by atoms with Crippen LogP contribution < -0.4 is 10.2 Å². The first kappa shape index (κ1) is 21.0. The average molecular weight is 485 g/mol. The molecule has 0 aliphatic carbocycles. The van der Waals surface area contributed by atoms with Crippen LogP contribution in [0.3, 0.4) is 0 Å². The van der Waals surface area contributed by atoms with Crippen LogP contribution in [0.15, 0.2) is 40.7 Å². The highest BCUT2D eigenvalue weighted by molar-refractivity contribution is 14.0. The van der Waals surface area contributed by atoms with Gasteiger partial charge in [0.1, 0.15) is 0 Å². The van der Waals surface area contributed by atoms with E-state index in [9.17, 15) is 0 Å². The summed E-state index contributed by atoms with van der Waals surface area (Å²) in [7, 11) is 0. The fraction of sp³-hybridized carbons (Fsp3) is 0.474. The summed E-state index contributed by atoms with van der Waals surface area (Å²) in [6.07, 6.45) is 0.996. The third-order valence-electron chi connectivity index (χ3n) is 4.33. The molecule has 0 unspecified atom stereocenters. The van der Waals surface area contributed by atoms with E-state index < -0.39 is 0 Å².